The van der Waals surface area contributed by atoms with E-state index < -0.39 is 6.08 Å². The highest BCUT2D eigenvalue weighted by Gasteiger charge is 2.60. The second kappa shape index (κ2) is 7.15. The second-order valence-electron chi connectivity index (χ2n) is 11.4. The molecule has 27 heavy (non-hydrogen) atoms. The van der Waals surface area contributed by atoms with Crippen LogP contribution in [-0.2, 0) is 4.79 Å². The first-order valence-corrected chi connectivity index (χ1v) is 11.8. The van der Waals surface area contributed by atoms with Gasteiger partial charge in [0.25, 0.3) is 0 Å². The van der Waals surface area contributed by atoms with E-state index >= 15 is 0 Å². The second-order valence-corrected chi connectivity index (χ2v) is 11.4. The molecule has 0 radical (unpaired) electrons. The quantitative estimate of drug-likeness (QED) is 0.653. The van der Waals surface area contributed by atoms with E-state index in [1.165, 1.54) is 38.5 Å². The third-order valence-corrected chi connectivity index (χ3v) is 10.2. The molecule has 0 bridgehead atoms. The molecule has 0 unspecified atom stereocenters. The molecule has 0 saturated heterocycles. The van der Waals surface area contributed by atoms with Crippen LogP contribution in [0.5, 0.6) is 0 Å². The number of hydrogen-bond acceptors (Lipinski definition) is 2. The lowest BCUT2D eigenvalue weighted by Gasteiger charge is -2.61. The maximum absolute atomic E-state index is 11.5. The smallest absolute Gasteiger partial charge is 0.129 e. The van der Waals surface area contributed by atoms with Crippen LogP contribution < -0.4 is 0 Å². The van der Waals surface area contributed by atoms with Crippen LogP contribution in [0.15, 0.2) is 0 Å². The van der Waals surface area contributed by atoms with E-state index in [4.69, 9.17) is 1.37 Å². The molecule has 0 aromatic carbocycles. The van der Waals surface area contributed by atoms with Crippen molar-refractivity contribution >= 4 is 5.78 Å². The summed E-state index contributed by atoms with van der Waals surface area (Å²) in [6.45, 7) is 9.24. The van der Waals surface area contributed by atoms with E-state index in [-0.39, 0.29) is 0 Å². The lowest BCUT2D eigenvalue weighted by atomic mass is 9.44. The molecular formula is C25H42O2. The summed E-state index contributed by atoms with van der Waals surface area (Å²) in [6.07, 6.45) is 11.0. The van der Waals surface area contributed by atoms with Crippen LogP contribution in [-0.4, -0.2) is 17.0 Å². The van der Waals surface area contributed by atoms with Gasteiger partial charge in [0.15, 0.2) is 0 Å². The summed E-state index contributed by atoms with van der Waals surface area (Å²) >= 11 is 0. The zero-order valence-corrected chi connectivity index (χ0v) is 18.1. The molecule has 0 heterocycles. The molecule has 154 valence electrons. The first-order chi connectivity index (χ1) is 13.1. The molecule has 0 aromatic heterocycles. The van der Waals surface area contributed by atoms with Gasteiger partial charge in [-0.1, -0.05) is 20.8 Å². The summed E-state index contributed by atoms with van der Waals surface area (Å²) < 4.78 is 8.19. The molecule has 0 amide bonds. The number of Topliss-reactive ketones (excluding diaryl/α,β-unsaturated/α-hetero) is 1. The maximum atomic E-state index is 11.5. The van der Waals surface area contributed by atoms with Gasteiger partial charge in [-0.05, 0) is 117 Å². The highest BCUT2D eigenvalue weighted by Crippen LogP contribution is 2.68. The van der Waals surface area contributed by atoms with Gasteiger partial charge < -0.3 is 9.90 Å². The minimum atomic E-state index is -1.18. The van der Waals surface area contributed by atoms with Gasteiger partial charge in [0, 0.05) is 6.42 Å². The first kappa shape index (κ1) is 18.6. The van der Waals surface area contributed by atoms with Gasteiger partial charge in [-0.15, -0.1) is 0 Å². The first-order valence-electron chi connectivity index (χ1n) is 12.3. The molecule has 4 saturated carbocycles. The van der Waals surface area contributed by atoms with Gasteiger partial charge >= 0.3 is 0 Å². The normalized spacial score (nSPS) is 53.7. The van der Waals surface area contributed by atoms with E-state index in [0.29, 0.717) is 41.3 Å². The molecule has 4 aliphatic carbocycles. The Balaban J connectivity index is 1.51. The van der Waals surface area contributed by atoms with Crippen molar-refractivity contribution in [1.29, 1.82) is 0 Å². The molecule has 0 aromatic rings. The Labute approximate surface area is 168 Å². The van der Waals surface area contributed by atoms with Gasteiger partial charge in [0.2, 0.25) is 0 Å². The fourth-order valence-corrected chi connectivity index (χ4v) is 8.67. The summed E-state index contributed by atoms with van der Waals surface area (Å²) in [4.78, 5) is 11.5. The Morgan fingerprint density at radius 2 is 1.78 bits per heavy atom. The molecular weight excluding hydrogens is 332 g/mol. The lowest BCUT2D eigenvalue weighted by molar-refractivity contribution is -0.129. The molecule has 4 rings (SSSR count). The van der Waals surface area contributed by atoms with Crippen molar-refractivity contribution in [1.82, 2.24) is 0 Å². The van der Waals surface area contributed by atoms with Crippen LogP contribution >= 0.6 is 0 Å². The summed E-state index contributed by atoms with van der Waals surface area (Å²) in [5.41, 5.74) is 0.807. The molecule has 0 spiro atoms. The van der Waals surface area contributed by atoms with Gasteiger partial charge in [-0.2, -0.15) is 0 Å². The monoisotopic (exact) mass is 375 g/mol. The number of aliphatic hydroxyl groups is 1. The Morgan fingerprint density at radius 1 is 1.07 bits per heavy atom. The van der Waals surface area contributed by atoms with Gasteiger partial charge in [0.05, 0.1) is 7.45 Å². The number of fused-ring (bicyclic) bond motifs is 5. The molecule has 9 atom stereocenters. The minimum Gasteiger partial charge on any atom is -0.393 e. The zero-order chi connectivity index (χ0) is 20.3. The highest BCUT2D eigenvalue weighted by molar-refractivity contribution is 5.75. The van der Waals surface area contributed by atoms with E-state index in [1.807, 2.05) is 0 Å². The van der Waals surface area contributed by atoms with Crippen molar-refractivity contribution in [2.75, 3.05) is 0 Å². The van der Waals surface area contributed by atoms with E-state index in [9.17, 15) is 9.90 Å². The maximum Gasteiger partial charge on any atom is 0.129 e. The minimum absolute atomic E-state index is 0.341. The number of rotatable bonds is 4. The van der Waals surface area contributed by atoms with Crippen molar-refractivity contribution in [2.24, 2.45) is 46.3 Å². The number of carbonyl (C=O) groups excluding carboxylic acids is 1. The Hall–Kier alpha value is -0.370. The van der Waals surface area contributed by atoms with Crippen LogP contribution in [0.4, 0.5) is 0 Å². The van der Waals surface area contributed by atoms with Crippen molar-refractivity contribution in [3.63, 3.8) is 0 Å². The van der Waals surface area contributed by atoms with Crippen LogP contribution in [0.25, 0.3) is 0 Å². The molecule has 1 N–H and O–H groups in total. The van der Waals surface area contributed by atoms with Gasteiger partial charge in [-0.25, -0.2) is 0 Å². The molecule has 0 aliphatic heterocycles. The molecule has 2 nitrogen and oxygen atoms in total. The van der Waals surface area contributed by atoms with Gasteiger partial charge in [0.1, 0.15) is 5.78 Å². The highest BCUT2D eigenvalue weighted by atomic mass is 16.3. The van der Waals surface area contributed by atoms with Crippen LogP contribution in [0.3, 0.4) is 0 Å². The molecule has 4 fully saturated rings. The zero-order valence-electron chi connectivity index (χ0n) is 19.1. The van der Waals surface area contributed by atoms with Gasteiger partial charge in [-0.3, -0.25) is 0 Å². The van der Waals surface area contributed by atoms with Crippen LogP contribution in [0.1, 0.15) is 99.7 Å². The number of hydrogen-bond donors (Lipinski definition) is 1. The van der Waals surface area contributed by atoms with Crippen LogP contribution in [0.2, 0.25) is 0 Å². The number of carbonyl (C=O) groups is 1. The Kier molecular flexibility index (Phi) is 4.94. The topological polar surface area (TPSA) is 37.3 Å². The van der Waals surface area contributed by atoms with Crippen molar-refractivity contribution < 1.29 is 11.3 Å². The predicted molar refractivity (Wildman–Crippen MR) is 110 cm³/mol. The summed E-state index contributed by atoms with van der Waals surface area (Å²) in [7, 11) is 0. The van der Waals surface area contributed by atoms with Crippen molar-refractivity contribution in [3.8, 4) is 0 Å². The van der Waals surface area contributed by atoms with E-state index in [1.54, 1.807) is 6.92 Å². The fraction of sp³-hybridized carbons (Fsp3) is 0.960. The van der Waals surface area contributed by atoms with Crippen molar-refractivity contribution in [3.05, 3.63) is 0 Å². The Bertz CT molecular complexity index is 616. The third-order valence-electron chi connectivity index (χ3n) is 10.2. The van der Waals surface area contributed by atoms with Crippen LogP contribution in [0, 0.1) is 46.3 Å². The summed E-state index contributed by atoms with van der Waals surface area (Å²) in [5.74, 6) is 4.83. The average molecular weight is 376 g/mol. The fourth-order valence-electron chi connectivity index (χ4n) is 8.67. The summed E-state index contributed by atoms with van der Waals surface area (Å²) in [6, 6.07) is 0. The molecule has 2 heteroatoms. The number of ketones is 1. The molecule has 4 aliphatic rings. The Morgan fingerprint density at radius 3 is 2.52 bits per heavy atom. The average Bonchev–Trinajstić information content (AvgIpc) is 2.97. The lowest BCUT2D eigenvalue weighted by Crippen LogP contribution is -2.54. The van der Waals surface area contributed by atoms with Crippen molar-refractivity contribution in [2.45, 2.75) is 104 Å². The standard InChI is InChI=1S/C25H42O2/c1-16(5-6-17(2)26)21-9-10-22-20-8-7-18-15-19(27)11-13-24(18,3)23(20)12-14-25(21,22)4/h16,18-23,27H,5-15H2,1-4H3/t16-,18-,19+,20+,21-,22+,23+,24+,25-/m1/s1/i19D. The SMILES string of the molecule is [2H][C@]1(O)CC[C@@]2(C)[C@H](CC[C@@H]3[C@@H]2CC[C@]2(C)[C@@H]([C@H](C)CCC(C)=O)CC[C@@H]32)C1. The summed E-state index contributed by atoms with van der Waals surface area (Å²) in [5, 5.41) is 10.3. The largest absolute Gasteiger partial charge is 0.393 e. The third kappa shape index (κ3) is 3.22. The predicted octanol–water partition coefficient (Wildman–Crippen LogP) is 6.01. The van der Waals surface area contributed by atoms with E-state index in [2.05, 4.69) is 20.8 Å². The van der Waals surface area contributed by atoms with E-state index in [0.717, 1.165) is 42.9 Å².